The van der Waals surface area contributed by atoms with Crippen molar-refractivity contribution in [2.45, 2.75) is 52.1 Å². The quantitative estimate of drug-likeness (QED) is 0.753. The van der Waals surface area contributed by atoms with Gasteiger partial charge < -0.3 is 5.32 Å². The molecule has 0 amide bonds. The van der Waals surface area contributed by atoms with Gasteiger partial charge in [-0.25, -0.2) is 0 Å². The highest BCUT2D eigenvalue weighted by Crippen LogP contribution is 2.22. The standard InChI is InChI=1S/C11H23NS/c1-9(2)11(3,4)12-10-5-7-13-8-6-10/h9-10,12H,5-8H2,1-4H3. The van der Waals surface area contributed by atoms with Gasteiger partial charge in [-0.05, 0) is 44.1 Å². The van der Waals surface area contributed by atoms with E-state index < -0.39 is 0 Å². The van der Waals surface area contributed by atoms with Gasteiger partial charge in [0.1, 0.15) is 0 Å². The van der Waals surface area contributed by atoms with Crippen LogP contribution in [-0.4, -0.2) is 23.1 Å². The number of hydrogen-bond donors (Lipinski definition) is 1. The lowest BCUT2D eigenvalue weighted by molar-refractivity contribution is 0.247. The van der Waals surface area contributed by atoms with Crippen molar-refractivity contribution >= 4 is 11.8 Å². The van der Waals surface area contributed by atoms with E-state index in [0.717, 1.165) is 6.04 Å². The fourth-order valence-corrected chi connectivity index (χ4v) is 2.64. The van der Waals surface area contributed by atoms with Crippen LogP contribution >= 0.6 is 11.8 Å². The van der Waals surface area contributed by atoms with Crippen molar-refractivity contribution in [3.8, 4) is 0 Å². The summed E-state index contributed by atoms with van der Waals surface area (Å²) >= 11 is 2.09. The Morgan fingerprint density at radius 1 is 1.23 bits per heavy atom. The maximum atomic E-state index is 3.78. The lowest BCUT2D eigenvalue weighted by Gasteiger charge is -2.36. The van der Waals surface area contributed by atoms with E-state index in [9.17, 15) is 0 Å². The van der Waals surface area contributed by atoms with Crippen LogP contribution in [0.15, 0.2) is 0 Å². The molecule has 78 valence electrons. The van der Waals surface area contributed by atoms with Crippen LogP contribution in [0.5, 0.6) is 0 Å². The highest BCUT2D eigenvalue weighted by molar-refractivity contribution is 7.99. The molecule has 0 aliphatic carbocycles. The fraction of sp³-hybridized carbons (Fsp3) is 1.00. The summed E-state index contributed by atoms with van der Waals surface area (Å²) < 4.78 is 0. The topological polar surface area (TPSA) is 12.0 Å². The highest BCUT2D eigenvalue weighted by atomic mass is 32.2. The molecule has 2 heteroatoms. The van der Waals surface area contributed by atoms with E-state index in [-0.39, 0.29) is 0 Å². The van der Waals surface area contributed by atoms with Gasteiger partial charge in [0, 0.05) is 11.6 Å². The van der Waals surface area contributed by atoms with Crippen LogP contribution in [0.1, 0.15) is 40.5 Å². The minimum atomic E-state index is 0.298. The van der Waals surface area contributed by atoms with E-state index in [1.165, 1.54) is 24.3 Å². The summed E-state index contributed by atoms with van der Waals surface area (Å²) in [5, 5.41) is 3.78. The van der Waals surface area contributed by atoms with Gasteiger partial charge in [-0.3, -0.25) is 0 Å². The first-order valence-electron chi connectivity index (χ1n) is 5.38. The predicted molar refractivity (Wildman–Crippen MR) is 62.4 cm³/mol. The second kappa shape index (κ2) is 4.70. The molecule has 0 bridgehead atoms. The van der Waals surface area contributed by atoms with E-state index in [4.69, 9.17) is 0 Å². The predicted octanol–water partition coefficient (Wildman–Crippen LogP) is 2.91. The zero-order chi connectivity index (χ0) is 9.90. The Hall–Kier alpha value is 0.310. The maximum Gasteiger partial charge on any atom is 0.0150 e. The third-order valence-corrected chi connectivity index (χ3v) is 4.29. The number of thioether (sulfide) groups is 1. The second-order valence-corrected chi connectivity index (χ2v) is 6.13. The summed E-state index contributed by atoms with van der Waals surface area (Å²) in [4.78, 5) is 0. The Labute approximate surface area is 87.1 Å². The van der Waals surface area contributed by atoms with Gasteiger partial charge in [0.25, 0.3) is 0 Å². The minimum Gasteiger partial charge on any atom is -0.309 e. The Morgan fingerprint density at radius 3 is 2.23 bits per heavy atom. The summed E-state index contributed by atoms with van der Waals surface area (Å²) in [6.45, 7) is 9.23. The lowest BCUT2D eigenvalue weighted by atomic mass is 9.89. The Morgan fingerprint density at radius 2 is 1.77 bits per heavy atom. The number of hydrogen-bond acceptors (Lipinski definition) is 2. The molecular weight excluding hydrogens is 178 g/mol. The molecule has 0 unspecified atom stereocenters. The number of nitrogens with one attached hydrogen (secondary N) is 1. The van der Waals surface area contributed by atoms with E-state index in [2.05, 4.69) is 44.8 Å². The van der Waals surface area contributed by atoms with E-state index in [0.29, 0.717) is 11.5 Å². The third-order valence-electron chi connectivity index (χ3n) is 3.24. The molecule has 0 aromatic heterocycles. The lowest BCUT2D eigenvalue weighted by Crippen LogP contribution is -2.50. The van der Waals surface area contributed by atoms with Crippen molar-refractivity contribution in [2.75, 3.05) is 11.5 Å². The summed E-state index contributed by atoms with van der Waals surface area (Å²) in [6.07, 6.45) is 2.70. The van der Waals surface area contributed by atoms with Crippen LogP contribution in [0.4, 0.5) is 0 Å². The molecule has 13 heavy (non-hydrogen) atoms. The Balaban J connectivity index is 2.37. The molecule has 0 radical (unpaired) electrons. The molecule has 1 nitrogen and oxygen atoms in total. The van der Waals surface area contributed by atoms with Gasteiger partial charge in [0.2, 0.25) is 0 Å². The van der Waals surface area contributed by atoms with E-state index in [1.54, 1.807) is 0 Å². The molecule has 0 aromatic rings. The van der Waals surface area contributed by atoms with Gasteiger partial charge in [0.15, 0.2) is 0 Å². The first-order chi connectivity index (χ1) is 6.02. The summed E-state index contributed by atoms with van der Waals surface area (Å²) in [7, 11) is 0. The fourth-order valence-electron chi connectivity index (χ4n) is 1.53. The smallest absolute Gasteiger partial charge is 0.0150 e. The van der Waals surface area contributed by atoms with Crippen LogP contribution in [-0.2, 0) is 0 Å². The molecule has 1 saturated heterocycles. The Kier molecular flexibility index (Phi) is 4.11. The van der Waals surface area contributed by atoms with E-state index >= 15 is 0 Å². The number of rotatable bonds is 3. The van der Waals surface area contributed by atoms with Crippen LogP contribution in [0, 0.1) is 5.92 Å². The van der Waals surface area contributed by atoms with Crippen molar-refractivity contribution in [3.63, 3.8) is 0 Å². The van der Waals surface area contributed by atoms with Crippen molar-refractivity contribution in [1.29, 1.82) is 0 Å². The molecular formula is C11H23NS. The van der Waals surface area contributed by atoms with Crippen LogP contribution in [0.25, 0.3) is 0 Å². The monoisotopic (exact) mass is 201 g/mol. The molecule has 0 saturated carbocycles. The van der Waals surface area contributed by atoms with Crippen LogP contribution in [0.2, 0.25) is 0 Å². The normalized spacial score (nSPS) is 21.0. The van der Waals surface area contributed by atoms with Gasteiger partial charge in [0.05, 0.1) is 0 Å². The summed E-state index contributed by atoms with van der Waals surface area (Å²) in [5.41, 5.74) is 0.298. The van der Waals surface area contributed by atoms with E-state index in [1.807, 2.05) is 0 Å². The molecule has 1 rings (SSSR count). The molecule has 0 spiro atoms. The SMILES string of the molecule is CC(C)C(C)(C)NC1CCSCC1. The zero-order valence-electron chi connectivity index (χ0n) is 9.39. The van der Waals surface area contributed by atoms with Crippen molar-refractivity contribution in [1.82, 2.24) is 5.32 Å². The molecule has 1 fully saturated rings. The highest BCUT2D eigenvalue weighted by Gasteiger charge is 2.26. The van der Waals surface area contributed by atoms with Crippen LogP contribution in [0.3, 0.4) is 0 Å². The van der Waals surface area contributed by atoms with Gasteiger partial charge >= 0.3 is 0 Å². The average Bonchev–Trinajstić information content (AvgIpc) is 2.05. The second-order valence-electron chi connectivity index (χ2n) is 4.91. The minimum absolute atomic E-state index is 0.298. The zero-order valence-corrected chi connectivity index (χ0v) is 10.2. The van der Waals surface area contributed by atoms with Gasteiger partial charge in [-0.1, -0.05) is 13.8 Å². The largest absolute Gasteiger partial charge is 0.309 e. The Bertz CT molecular complexity index is 148. The molecule has 1 aliphatic heterocycles. The molecule has 1 aliphatic rings. The van der Waals surface area contributed by atoms with Crippen molar-refractivity contribution in [2.24, 2.45) is 5.92 Å². The summed E-state index contributed by atoms with van der Waals surface area (Å²) in [6, 6.07) is 0.763. The van der Waals surface area contributed by atoms with Gasteiger partial charge in [-0.15, -0.1) is 0 Å². The van der Waals surface area contributed by atoms with Crippen LogP contribution < -0.4 is 5.32 Å². The first-order valence-corrected chi connectivity index (χ1v) is 6.53. The molecule has 1 heterocycles. The first kappa shape index (κ1) is 11.4. The third kappa shape index (κ3) is 3.51. The van der Waals surface area contributed by atoms with Crippen molar-refractivity contribution < 1.29 is 0 Å². The van der Waals surface area contributed by atoms with Gasteiger partial charge in [-0.2, -0.15) is 11.8 Å². The summed E-state index contributed by atoms with van der Waals surface area (Å²) in [5.74, 6) is 3.39. The average molecular weight is 201 g/mol. The molecule has 1 N–H and O–H groups in total. The van der Waals surface area contributed by atoms with Crippen molar-refractivity contribution in [3.05, 3.63) is 0 Å². The molecule has 0 aromatic carbocycles. The molecule has 0 atom stereocenters. The maximum absolute atomic E-state index is 3.78.